The molecule has 2 heterocycles. The van der Waals surface area contributed by atoms with Crippen LogP contribution in [0.4, 0.5) is 0 Å². The molecule has 3 nitrogen and oxygen atoms in total. The molecule has 0 radical (unpaired) electrons. The maximum atomic E-state index is 10.0. The molecule has 0 amide bonds. The van der Waals surface area contributed by atoms with Crippen LogP contribution < -0.4 is 0 Å². The number of pyridine rings is 1. The quantitative estimate of drug-likeness (QED) is 0.798. The fourth-order valence-electron chi connectivity index (χ4n) is 2.43. The van der Waals surface area contributed by atoms with Crippen molar-refractivity contribution in [3.8, 4) is 0 Å². The van der Waals surface area contributed by atoms with Crippen molar-refractivity contribution in [3.63, 3.8) is 0 Å². The van der Waals surface area contributed by atoms with Crippen molar-refractivity contribution in [2.75, 3.05) is 0 Å². The Morgan fingerprint density at radius 2 is 1.95 bits per heavy atom. The summed E-state index contributed by atoms with van der Waals surface area (Å²) in [4.78, 5) is 4.62. The second-order valence-electron chi connectivity index (χ2n) is 4.85. The Kier molecular flexibility index (Phi) is 3.47. The number of rotatable bonds is 3. The summed E-state index contributed by atoms with van der Waals surface area (Å²) in [7, 11) is 0. The van der Waals surface area contributed by atoms with Gasteiger partial charge in [-0.05, 0) is 36.8 Å². The molecule has 0 bridgehead atoms. The molecule has 1 unspecified atom stereocenters. The van der Waals surface area contributed by atoms with E-state index in [9.17, 15) is 5.11 Å². The van der Waals surface area contributed by atoms with Gasteiger partial charge in [-0.15, -0.1) is 0 Å². The van der Waals surface area contributed by atoms with Gasteiger partial charge in [-0.3, -0.25) is 0 Å². The lowest BCUT2D eigenvalue weighted by molar-refractivity contribution is 0.192. The van der Waals surface area contributed by atoms with Crippen molar-refractivity contribution < 1.29 is 5.11 Å². The van der Waals surface area contributed by atoms with Crippen LogP contribution in [-0.2, 0) is 6.42 Å². The molecular formula is C16H15ClN2O. The molecule has 0 saturated carbocycles. The average molecular weight is 287 g/mol. The molecule has 0 aliphatic carbocycles. The SMILES string of the molecule is CC(O)c1c(Cc2ccc(Cl)cc2)nc2ccccn12. The normalized spacial score (nSPS) is 12.8. The van der Waals surface area contributed by atoms with E-state index in [1.165, 1.54) is 0 Å². The van der Waals surface area contributed by atoms with Crippen LogP contribution in [0.1, 0.15) is 30.0 Å². The minimum atomic E-state index is -0.560. The number of hydrogen-bond donors (Lipinski definition) is 1. The first-order valence-corrected chi connectivity index (χ1v) is 6.91. The van der Waals surface area contributed by atoms with Crippen molar-refractivity contribution >= 4 is 17.2 Å². The van der Waals surface area contributed by atoms with Crippen LogP contribution in [0, 0.1) is 0 Å². The summed E-state index contributed by atoms with van der Waals surface area (Å²) in [6.45, 7) is 1.77. The van der Waals surface area contributed by atoms with Gasteiger partial charge >= 0.3 is 0 Å². The lowest BCUT2D eigenvalue weighted by Gasteiger charge is -2.08. The zero-order valence-corrected chi connectivity index (χ0v) is 11.9. The number of imidazole rings is 1. The molecule has 1 aromatic carbocycles. The highest BCUT2D eigenvalue weighted by Gasteiger charge is 2.16. The zero-order valence-electron chi connectivity index (χ0n) is 11.1. The van der Waals surface area contributed by atoms with E-state index in [1.807, 2.05) is 53.1 Å². The van der Waals surface area contributed by atoms with E-state index in [2.05, 4.69) is 4.98 Å². The molecule has 0 saturated heterocycles. The Bertz CT molecular complexity index is 732. The van der Waals surface area contributed by atoms with Gasteiger partial charge in [-0.1, -0.05) is 29.8 Å². The van der Waals surface area contributed by atoms with Crippen molar-refractivity contribution in [3.05, 3.63) is 70.6 Å². The van der Waals surface area contributed by atoms with Gasteiger partial charge in [-0.2, -0.15) is 0 Å². The van der Waals surface area contributed by atoms with Crippen LogP contribution in [0.2, 0.25) is 5.02 Å². The number of aliphatic hydroxyl groups excluding tert-OH is 1. The van der Waals surface area contributed by atoms with Crippen LogP contribution in [-0.4, -0.2) is 14.5 Å². The summed E-state index contributed by atoms with van der Waals surface area (Å²) in [5.41, 5.74) is 3.72. The first-order chi connectivity index (χ1) is 9.65. The van der Waals surface area contributed by atoms with Gasteiger partial charge in [-0.25, -0.2) is 4.98 Å². The van der Waals surface area contributed by atoms with Crippen LogP contribution in [0.3, 0.4) is 0 Å². The van der Waals surface area contributed by atoms with Crippen LogP contribution in [0.25, 0.3) is 5.65 Å². The molecule has 4 heteroatoms. The number of hydrogen-bond acceptors (Lipinski definition) is 2. The summed E-state index contributed by atoms with van der Waals surface area (Å²) in [5, 5.41) is 10.8. The first-order valence-electron chi connectivity index (χ1n) is 6.53. The number of fused-ring (bicyclic) bond motifs is 1. The largest absolute Gasteiger partial charge is 0.387 e. The first kappa shape index (κ1) is 13.2. The van der Waals surface area contributed by atoms with Crippen LogP contribution in [0.15, 0.2) is 48.7 Å². The Hall–Kier alpha value is -1.84. The molecule has 3 aromatic rings. The van der Waals surface area contributed by atoms with Gasteiger partial charge < -0.3 is 9.51 Å². The molecule has 0 fully saturated rings. The molecule has 2 aromatic heterocycles. The fraction of sp³-hybridized carbons (Fsp3) is 0.188. The van der Waals surface area contributed by atoms with E-state index in [0.29, 0.717) is 6.42 Å². The Morgan fingerprint density at radius 1 is 1.20 bits per heavy atom. The van der Waals surface area contributed by atoms with Crippen LogP contribution in [0.5, 0.6) is 0 Å². The third kappa shape index (κ3) is 2.42. The van der Waals surface area contributed by atoms with Crippen molar-refractivity contribution in [1.29, 1.82) is 0 Å². The molecule has 3 rings (SSSR count). The minimum Gasteiger partial charge on any atom is -0.387 e. The lowest BCUT2D eigenvalue weighted by Crippen LogP contribution is -2.02. The molecule has 0 spiro atoms. The number of aromatic nitrogens is 2. The third-order valence-electron chi connectivity index (χ3n) is 3.32. The Morgan fingerprint density at radius 3 is 2.65 bits per heavy atom. The number of benzene rings is 1. The molecule has 0 aliphatic heterocycles. The van der Waals surface area contributed by atoms with Gasteiger partial charge in [0.05, 0.1) is 17.5 Å². The number of nitrogens with zero attached hydrogens (tertiary/aromatic N) is 2. The standard InChI is InChI=1S/C16H15ClN2O/c1-11(20)16-14(10-12-5-7-13(17)8-6-12)18-15-4-2-3-9-19(15)16/h2-9,11,20H,10H2,1H3. The molecule has 20 heavy (non-hydrogen) atoms. The van der Waals surface area contributed by atoms with E-state index in [0.717, 1.165) is 27.6 Å². The fourth-order valence-corrected chi connectivity index (χ4v) is 2.56. The van der Waals surface area contributed by atoms with E-state index < -0.39 is 6.10 Å². The monoisotopic (exact) mass is 286 g/mol. The molecule has 102 valence electrons. The van der Waals surface area contributed by atoms with Gasteiger partial charge in [0, 0.05) is 17.6 Å². The molecule has 0 aliphatic rings. The maximum Gasteiger partial charge on any atom is 0.137 e. The third-order valence-corrected chi connectivity index (χ3v) is 3.58. The minimum absolute atomic E-state index is 0.560. The van der Waals surface area contributed by atoms with Gasteiger partial charge in [0.25, 0.3) is 0 Å². The molecule has 1 atom stereocenters. The van der Waals surface area contributed by atoms with Gasteiger partial charge in [0.2, 0.25) is 0 Å². The summed E-state index contributed by atoms with van der Waals surface area (Å²) >= 11 is 5.90. The highest BCUT2D eigenvalue weighted by molar-refractivity contribution is 6.30. The predicted octanol–water partition coefficient (Wildman–Crippen LogP) is 3.63. The Balaban J connectivity index is 2.06. The summed E-state index contributed by atoms with van der Waals surface area (Å²) < 4.78 is 1.94. The second-order valence-corrected chi connectivity index (χ2v) is 5.29. The van der Waals surface area contributed by atoms with E-state index in [1.54, 1.807) is 6.92 Å². The highest BCUT2D eigenvalue weighted by Crippen LogP contribution is 2.22. The topological polar surface area (TPSA) is 37.5 Å². The van der Waals surface area contributed by atoms with E-state index >= 15 is 0 Å². The van der Waals surface area contributed by atoms with Crippen molar-refractivity contribution in [2.24, 2.45) is 0 Å². The van der Waals surface area contributed by atoms with Gasteiger partial charge in [0.1, 0.15) is 5.65 Å². The predicted molar refractivity (Wildman–Crippen MR) is 80.1 cm³/mol. The second kappa shape index (κ2) is 5.27. The zero-order chi connectivity index (χ0) is 14.1. The van der Waals surface area contributed by atoms with E-state index in [4.69, 9.17) is 11.6 Å². The summed E-state index contributed by atoms with van der Waals surface area (Å²) in [6, 6.07) is 13.5. The van der Waals surface area contributed by atoms with Crippen molar-refractivity contribution in [2.45, 2.75) is 19.4 Å². The number of halogens is 1. The van der Waals surface area contributed by atoms with E-state index in [-0.39, 0.29) is 0 Å². The summed E-state index contributed by atoms with van der Waals surface area (Å²) in [5.74, 6) is 0. The van der Waals surface area contributed by atoms with Gasteiger partial charge in [0.15, 0.2) is 0 Å². The maximum absolute atomic E-state index is 10.0. The summed E-state index contributed by atoms with van der Waals surface area (Å²) in [6.07, 6.45) is 2.05. The lowest BCUT2D eigenvalue weighted by atomic mass is 10.1. The smallest absolute Gasteiger partial charge is 0.137 e. The highest BCUT2D eigenvalue weighted by atomic mass is 35.5. The van der Waals surface area contributed by atoms with Crippen molar-refractivity contribution in [1.82, 2.24) is 9.38 Å². The molecular weight excluding hydrogens is 272 g/mol. The average Bonchev–Trinajstić information content (AvgIpc) is 2.79. The number of aliphatic hydroxyl groups is 1. The van der Waals surface area contributed by atoms with Crippen LogP contribution >= 0.6 is 11.6 Å². The molecule has 1 N–H and O–H groups in total. The Labute approximate surface area is 122 Å².